The number of halogens is 2. The van der Waals surface area contributed by atoms with E-state index in [9.17, 15) is 4.39 Å². The fourth-order valence-electron chi connectivity index (χ4n) is 1.98. The summed E-state index contributed by atoms with van der Waals surface area (Å²) in [6.07, 6.45) is 2.58. The maximum atomic E-state index is 13.9. The molecule has 6 heteroatoms. The number of nitrogens with two attached hydrogens (primary N) is 1. The topological polar surface area (TPSA) is 64.9 Å². The molecule has 1 aromatic carbocycles. The molecule has 0 saturated heterocycles. The van der Waals surface area contributed by atoms with E-state index in [2.05, 4.69) is 10.1 Å². The van der Waals surface area contributed by atoms with Gasteiger partial charge in [-0.1, -0.05) is 35.0 Å². The molecule has 0 aliphatic heterocycles. The number of nitrogen functional groups attached to an aromatic ring is 1. The van der Waals surface area contributed by atoms with E-state index >= 15 is 0 Å². The molecule has 0 saturated carbocycles. The second kappa shape index (κ2) is 4.94. The fraction of sp³-hybridized carbons (Fsp3) is 0. The summed E-state index contributed by atoms with van der Waals surface area (Å²) in [5.41, 5.74) is 7.48. The molecular weight excluding hydrogens is 281 g/mol. The first kappa shape index (κ1) is 12.6. The van der Waals surface area contributed by atoms with Gasteiger partial charge in [0.05, 0.1) is 11.8 Å². The first-order valence-electron chi connectivity index (χ1n) is 5.78. The van der Waals surface area contributed by atoms with Crippen molar-refractivity contribution in [2.24, 2.45) is 0 Å². The van der Waals surface area contributed by atoms with Crippen LogP contribution in [0.15, 0.2) is 47.2 Å². The molecule has 3 rings (SSSR count). The van der Waals surface area contributed by atoms with Crippen molar-refractivity contribution in [3.63, 3.8) is 0 Å². The van der Waals surface area contributed by atoms with Crippen LogP contribution in [0.1, 0.15) is 0 Å². The number of aromatic nitrogens is 2. The lowest BCUT2D eigenvalue weighted by molar-refractivity contribution is 0.439. The van der Waals surface area contributed by atoms with E-state index in [1.807, 2.05) is 0 Å². The Hall–Kier alpha value is -2.40. The predicted octanol–water partition coefficient (Wildman–Crippen LogP) is 3.78. The van der Waals surface area contributed by atoms with Gasteiger partial charge in [-0.05, 0) is 12.1 Å². The van der Waals surface area contributed by atoms with Crippen molar-refractivity contribution in [2.75, 3.05) is 5.73 Å². The first-order chi connectivity index (χ1) is 9.68. The Labute approximate surface area is 119 Å². The molecule has 4 nitrogen and oxygen atoms in total. The molecule has 0 aliphatic rings. The third-order valence-corrected chi connectivity index (χ3v) is 3.22. The Morgan fingerprint density at radius 3 is 2.70 bits per heavy atom. The van der Waals surface area contributed by atoms with Crippen LogP contribution in [0, 0.1) is 5.82 Å². The lowest BCUT2D eigenvalue weighted by atomic mass is 10.0. The third kappa shape index (κ3) is 2.02. The van der Waals surface area contributed by atoms with Gasteiger partial charge in [0, 0.05) is 22.3 Å². The highest BCUT2D eigenvalue weighted by Gasteiger charge is 2.21. The number of hydrogen-bond acceptors (Lipinski definition) is 4. The Morgan fingerprint density at radius 2 is 1.95 bits per heavy atom. The molecule has 0 bridgehead atoms. The van der Waals surface area contributed by atoms with Crippen molar-refractivity contribution >= 4 is 17.5 Å². The van der Waals surface area contributed by atoms with Crippen molar-refractivity contribution in [2.45, 2.75) is 0 Å². The molecule has 0 aliphatic carbocycles. The number of hydrogen-bond donors (Lipinski definition) is 1. The van der Waals surface area contributed by atoms with Crippen molar-refractivity contribution < 1.29 is 8.91 Å². The van der Waals surface area contributed by atoms with E-state index in [1.165, 1.54) is 12.3 Å². The molecule has 100 valence electrons. The van der Waals surface area contributed by atoms with Gasteiger partial charge in [0.25, 0.3) is 0 Å². The summed E-state index contributed by atoms with van der Waals surface area (Å²) in [4.78, 5) is 3.71. The van der Waals surface area contributed by atoms with E-state index in [0.717, 1.165) is 6.20 Å². The highest BCUT2D eigenvalue weighted by molar-refractivity contribution is 6.33. The molecule has 0 spiro atoms. The second-order valence-corrected chi connectivity index (χ2v) is 4.51. The molecule has 2 aromatic heterocycles. The molecule has 20 heavy (non-hydrogen) atoms. The first-order valence-corrected chi connectivity index (χ1v) is 6.16. The highest BCUT2D eigenvalue weighted by atomic mass is 35.5. The minimum Gasteiger partial charge on any atom is -0.367 e. The summed E-state index contributed by atoms with van der Waals surface area (Å²) in [6.45, 7) is 0. The van der Waals surface area contributed by atoms with Gasteiger partial charge < -0.3 is 10.3 Å². The van der Waals surface area contributed by atoms with Crippen LogP contribution in [-0.4, -0.2) is 10.1 Å². The lowest BCUT2D eigenvalue weighted by Crippen LogP contribution is -1.91. The molecular formula is C14H9ClFN3O. The minimum absolute atomic E-state index is 0.0873. The van der Waals surface area contributed by atoms with E-state index < -0.39 is 5.82 Å². The van der Waals surface area contributed by atoms with Crippen molar-refractivity contribution in [1.82, 2.24) is 10.1 Å². The van der Waals surface area contributed by atoms with Crippen molar-refractivity contribution in [3.05, 3.63) is 53.6 Å². The zero-order chi connectivity index (χ0) is 14.1. The van der Waals surface area contributed by atoms with Crippen LogP contribution < -0.4 is 5.73 Å². The second-order valence-electron chi connectivity index (χ2n) is 4.11. The summed E-state index contributed by atoms with van der Waals surface area (Å²) in [7, 11) is 0. The van der Waals surface area contributed by atoms with E-state index in [0.29, 0.717) is 21.8 Å². The summed E-state index contributed by atoms with van der Waals surface area (Å²) in [5.74, 6) is -0.418. The van der Waals surface area contributed by atoms with Crippen LogP contribution in [-0.2, 0) is 0 Å². The van der Waals surface area contributed by atoms with Gasteiger partial charge in [-0.15, -0.1) is 0 Å². The average Bonchev–Trinajstić information content (AvgIpc) is 2.82. The summed E-state index contributed by atoms with van der Waals surface area (Å²) >= 11 is 6.16. The van der Waals surface area contributed by atoms with Crippen molar-refractivity contribution in [1.29, 1.82) is 0 Å². The van der Waals surface area contributed by atoms with E-state index in [1.54, 1.807) is 24.3 Å². The maximum absolute atomic E-state index is 13.9. The monoisotopic (exact) mass is 289 g/mol. The minimum atomic E-state index is -0.505. The van der Waals surface area contributed by atoms with Gasteiger partial charge in [0.2, 0.25) is 5.88 Å². The quantitative estimate of drug-likeness (QED) is 0.780. The van der Waals surface area contributed by atoms with E-state index in [4.69, 9.17) is 21.9 Å². The summed E-state index contributed by atoms with van der Waals surface area (Å²) < 4.78 is 18.9. The van der Waals surface area contributed by atoms with Crippen LogP contribution in [0.3, 0.4) is 0 Å². The third-order valence-electron chi connectivity index (χ3n) is 2.89. The van der Waals surface area contributed by atoms with Crippen LogP contribution >= 0.6 is 11.6 Å². The largest absolute Gasteiger partial charge is 0.367 e. The molecule has 0 unspecified atom stereocenters. The average molecular weight is 290 g/mol. The Bertz CT molecular complexity index is 773. The van der Waals surface area contributed by atoms with Crippen molar-refractivity contribution in [3.8, 4) is 22.4 Å². The predicted molar refractivity (Wildman–Crippen MR) is 74.6 cm³/mol. The van der Waals surface area contributed by atoms with Gasteiger partial charge in [0.1, 0.15) is 5.69 Å². The Balaban J connectivity index is 2.26. The molecule has 0 amide bonds. The molecule has 0 atom stereocenters. The number of pyridine rings is 1. The zero-order valence-electron chi connectivity index (χ0n) is 10.2. The molecule has 3 aromatic rings. The normalized spacial score (nSPS) is 10.7. The number of anilines is 1. The SMILES string of the molecule is Nc1onc(-c2ccncc2F)c1-c1ccccc1Cl. The number of benzene rings is 1. The van der Waals surface area contributed by atoms with Crippen LogP contribution in [0.2, 0.25) is 5.02 Å². The molecule has 0 radical (unpaired) electrons. The van der Waals surface area contributed by atoms with Gasteiger partial charge in [-0.3, -0.25) is 4.98 Å². The van der Waals surface area contributed by atoms with E-state index in [-0.39, 0.29) is 11.4 Å². The van der Waals surface area contributed by atoms with Gasteiger partial charge in [0.15, 0.2) is 5.82 Å². The molecule has 2 N–H and O–H groups in total. The standard InChI is InChI=1S/C14H9ClFN3O/c15-10-4-2-1-3-8(10)12-13(19-20-14(12)17)9-5-6-18-7-11(9)16/h1-7H,17H2. The zero-order valence-corrected chi connectivity index (χ0v) is 10.9. The Morgan fingerprint density at radius 1 is 1.15 bits per heavy atom. The fourth-order valence-corrected chi connectivity index (χ4v) is 2.21. The van der Waals surface area contributed by atoms with Gasteiger partial charge in [-0.25, -0.2) is 4.39 Å². The summed E-state index contributed by atoms with van der Waals surface area (Å²) in [6, 6.07) is 8.60. The van der Waals surface area contributed by atoms with Gasteiger partial charge in [-0.2, -0.15) is 0 Å². The van der Waals surface area contributed by atoms with Crippen LogP contribution in [0.5, 0.6) is 0 Å². The smallest absolute Gasteiger partial charge is 0.230 e. The highest BCUT2D eigenvalue weighted by Crippen LogP contribution is 2.39. The number of nitrogens with zero attached hydrogens (tertiary/aromatic N) is 2. The Kier molecular flexibility index (Phi) is 3.12. The maximum Gasteiger partial charge on any atom is 0.230 e. The van der Waals surface area contributed by atoms with Gasteiger partial charge >= 0.3 is 0 Å². The molecule has 2 heterocycles. The van der Waals surface area contributed by atoms with Crippen LogP contribution in [0.4, 0.5) is 10.3 Å². The summed E-state index contributed by atoms with van der Waals surface area (Å²) in [5, 5.41) is 4.32. The lowest BCUT2D eigenvalue weighted by Gasteiger charge is -2.05. The molecule has 0 fully saturated rings. The van der Waals surface area contributed by atoms with Crippen LogP contribution in [0.25, 0.3) is 22.4 Å². The number of rotatable bonds is 2.